The van der Waals surface area contributed by atoms with Gasteiger partial charge in [0.15, 0.2) is 0 Å². The van der Waals surface area contributed by atoms with Gasteiger partial charge < -0.3 is 4.57 Å². The minimum Gasteiger partial charge on any atom is -0.329 e. The number of alkyl halides is 3. The lowest BCUT2D eigenvalue weighted by Gasteiger charge is -2.23. The van der Waals surface area contributed by atoms with Gasteiger partial charge in [-0.25, -0.2) is 13.4 Å². The van der Waals surface area contributed by atoms with Gasteiger partial charge in [0.25, 0.3) is 0 Å². The number of hydrogen-bond donors (Lipinski definition) is 0. The highest BCUT2D eigenvalue weighted by Gasteiger charge is 2.30. The van der Waals surface area contributed by atoms with Crippen molar-refractivity contribution in [3.63, 3.8) is 0 Å². The predicted molar refractivity (Wildman–Crippen MR) is 125 cm³/mol. The number of halogens is 3. The molecule has 182 valence electrons. The van der Waals surface area contributed by atoms with Gasteiger partial charge >= 0.3 is 6.18 Å². The first-order valence-electron chi connectivity index (χ1n) is 10.7. The Morgan fingerprint density at radius 1 is 0.943 bits per heavy atom. The first-order valence-corrected chi connectivity index (χ1v) is 12.2. The van der Waals surface area contributed by atoms with E-state index in [9.17, 15) is 21.6 Å². The molecule has 2 heterocycles. The number of aryl methyl sites for hydroxylation is 1. The highest BCUT2D eigenvalue weighted by molar-refractivity contribution is 7.89. The molecule has 2 aromatic heterocycles. The fraction of sp³-hybridized carbons (Fsp3) is 0.200. The van der Waals surface area contributed by atoms with E-state index < -0.39 is 21.8 Å². The summed E-state index contributed by atoms with van der Waals surface area (Å²) in [6.45, 7) is 1.97. The number of benzene rings is 2. The first-order chi connectivity index (χ1) is 16.6. The summed E-state index contributed by atoms with van der Waals surface area (Å²) in [6, 6.07) is 15.1. The van der Waals surface area contributed by atoms with Gasteiger partial charge in [-0.3, -0.25) is 4.98 Å². The largest absolute Gasteiger partial charge is 0.416 e. The summed E-state index contributed by atoms with van der Waals surface area (Å²) < 4.78 is 69.4. The SMILES string of the molecule is Cc1ccc(S(=O)(=O)N(Cc2cccnc2)Cc2nccn2Cc2cccc(C(F)(F)F)c2)cc1. The number of aromatic nitrogens is 3. The van der Waals surface area contributed by atoms with Gasteiger partial charge in [-0.2, -0.15) is 17.5 Å². The quantitative estimate of drug-likeness (QED) is 0.340. The molecule has 0 aliphatic carbocycles. The summed E-state index contributed by atoms with van der Waals surface area (Å²) in [7, 11) is -3.90. The zero-order valence-electron chi connectivity index (χ0n) is 18.9. The summed E-state index contributed by atoms with van der Waals surface area (Å²) in [5.74, 6) is 0.405. The van der Waals surface area contributed by atoms with Crippen molar-refractivity contribution in [3.05, 3.63) is 114 Å². The zero-order chi connectivity index (χ0) is 25.1. The van der Waals surface area contributed by atoms with Crippen LogP contribution in [-0.4, -0.2) is 27.3 Å². The molecule has 0 aliphatic heterocycles. The van der Waals surface area contributed by atoms with Crippen molar-refractivity contribution in [2.45, 2.75) is 37.6 Å². The molecule has 10 heteroatoms. The number of hydrogen-bond acceptors (Lipinski definition) is 4. The summed E-state index contributed by atoms with van der Waals surface area (Å²) in [6.07, 6.45) is 1.87. The Morgan fingerprint density at radius 2 is 1.69 bits per heavy atom. The standard InChI is InChI=1S/C25H23F3N4O2S/c1-19-7-9-23(10-8-19)35(33,34)32(17-21-5-3-11-29-15-21)18-24-30-12-13-31(24)16-20-4-2-6-22(14-20)25(26,27)28/h2-15H,16-18H2,1H3. The van der Waals surface area contributed by atoms with E-state index in [4.69, 9.17) is 0 Å². The highest BCUT2D eigenvalue weighted by atomic mass is 32.2. The fourth-order valence-corrected chi connectivity index (χ4v) is 5.00. The van der Waals surface area contributed by atoms with Crippen LogP contribution in [-0.2, 0) is 35.8 Å². The molecule has 0 amide bonds. The molecule has 0 aliphatic rings. The van der Waals surface area contributed by atoms with Crippen molar-refractivity contribution < 1.29 is 21.6 Å². The van der Waals surface area contributed by atoms with Crippen LogP contribution in [0.4, 0.5) is 13.2 Å². The average Bonchev–Trinajstić information content (AvgIpc) is 3.25. The molecule has 4 aromatic rings. The Bertz CT molecular complexity index is 1390. The maximum absolute atomic E-state index is 13.5. The molecule has 0 radical (unpaired) electrons. The van der Waals surface area contributed by atoms with Crippen LogP contribution in [0.1, 0.15) is 28.1 Å². The number of rotatable bonds is 8. The van der Waals surface area contributed by atoms with Crippen LogP contribution in [0.25, 0.3) is 0 Å². The van der Waals surface area contributed by atoms with Crippen LogP contribution < -0.4 is 0 Å². The Hall–Kier alpha value is -3.50. The first kappa shape index (κ1) is 24.6. The number of pyridine rings is 1. The van der Waals surface area contributed by atoms with E-state index in [1.165, 1.54) is 16.6 Å². The van der Waals surface area contributed by atoms with Gasteiger partial charge in [0, 0.05) is 37.9 Å². The minimum atomic E-state index is -4.45. The molecule has 6 nitrogen and oxygen atoms in total. The van der Waals surface area contributed by atoms with Crippen LogP contribution in [0.3, 0.4) is 0 Å². The van der Waals surface area contributed by atoms with Crippen LogP contribution in [0, 0.1) is 6.92 Å². The average molecular weight is 501 g/mol. The van der Waals surface area contributed by atoms with Crippen LogP contribution in [0.2, 0.25) is 0 Å². The maximum atomic E-state index is 13.5. The van der Waals surface area contributed by atoms with Gasteiger partial charge in [0.2, 0.25) is 10.0 Å². The molecule has 0 N–H and O–H groups in total. The molecule has 0 saturated heterocycles. The van der Waals surface area contributed by atoms with E-state index in [2.05, 4.69) is 9.97 Å². The Balaban J connectivity index is 1.65. The smallest absolute Gasteiger partial charge is 0.329 e. The Labute approximate surface area is 201 Å². The molecule has 0 saturated carbocycles. The van der Waals surface area contributed by atoms with Gasteiger partial charge in [0.05, 0.1) is 17.0 Å². The van der Waals surface area contributed by atoms with Gasteiger partial charge in [0.1, 0.15) is 5.82 Å². The lowest BCUT2D eigenvalue weighted by molar-refractivity contribution is -0.137. The third-order valence-electron chi connectivity index (χ3n) is 5.47. The molecule has 0 spiro atoms. The second-order valence-electron chi connectivity index (χ2n) is 8.12. The van der Waals surface area contributed by atoms with Crippen molar-refractivity contribution in [3.8, 4) is 0 Å². The third-order valence-corrected chi connectivity index (χ3v) is 7.27. The molecule has 0 unspecified atom stereocenters. The molecular weight excluding hydrogens is 477 g/mol. The topological polar surface area (TPSA) is 68.1 Å². The lowest BCUT2D eigenvalue weighted by Crippen LogP contribution is -2.31. The Kier molecular flexibility index (Phi) is 7.04. The summed E-state index contributed by atoms with van der Waals surface area (Å²) in [4.78, 5) is 8.52. The minimum absolute atomic E-state index is 0.0560. The van der Waals surface area contributed by atoms with Crippen molar-refractivity contribution in [1.29, 1.82) is 0 Å². The van der Waals surface area contributed by atoms with Crippen LogP contribution >= 0.6 is 0 Å². The van der Waals surface area contributed by atoms with E-state index in [1.54, 1.807) is 65.6 Å². The second-order valence-corrected chi connectivity index (χ2v) is 10.1. The zero-order valence-corrected chi connectivity index (χ0v) is 19.7. The van der Waals surface area contributed by atoms with Gasteiger partial charge in [-0.1, -0.05) is 35.9 Å². The normalized spacial score (nSPS) is 12.3. The molecule has 0 fully saturated rings. The molecule has 4 rings (SSSR count). The predicted octanol–water partition coefficient (Wildman–Crippen LogP) is 5.04. The number of sulfonamides is 1. The van der Waals surface area contributed by atoms with Crippen LogP contribution in [0.15, 0.2) is 90.3 Å². The van der Waals surface area contributed by atoms with Gasteiger partial charge in [-0.15, -0.1) is 0 Å². The van der Waals surface area contributed by atoms with E-state index in [0.29, 0.717) is 17.0 Å². The molecular formula is C25H23F3N4O2S. The number of imidazole rings is 1. The van der Waals surface area contributed by atoms with Crippen molar-refractivity contribution in [1.82, 2.24) is 18.8 Å². The lowest BCUT2D eigenvalue weighted by atomic mass is 10.1. The van der Waals surface area contributed by atoms with E-state index in [1.807, 2.05) is 6.92 Å². The van der Waals surface area contributed by atoms with E-state index in [-0.39, 0.29) is 24.5 Å². The van der Waals surface area contributed by atoms with Crippen LogP contribution in [0.5, 0.6) is 0 Å². The van der Waals surface area contributed by atoms with Gasteiger partial charge in [-0.05, 0) is 48.4 Å². The van der Waals surface area contributed by atoms with E-state index in [0.717, 1.165) is 17.7 Å². The molecule has 0 atom stereocenters. The van der Waals surface area contributed by atoms with Crippen molar-refractivity contribution in [2.75, 3.05) is 0 Å². The van der Waals surface area contributed by atoms with Crippen molar-refractivity contribution >= 4 is 10.0 Å². The molecule has 2 aromatic carbocycles. The van der Waals surface area contributed by atoms with Crippen molar-refractivity contribution in [2.24, 2.45) is 0 Å². The summed E-state index contributed by atoms with van der Waals surface area (Å²) in [5.41, 5.74) is 1.31. The summed E-state index contributed by atoms with van der Waals surface area (Å²) >= 11 is 0. The number of nitrogens with zero attached hydrogens (tertiary/aromatic N) is 4. The monoisotopic (exact) mass is 500 g/mol. The maximum Gasteiger partial charge on any atom is 0.416 e. The van der Waals surface area contributed by atoms with E-state index >= 15 is 0 Å². The Morgan fingerprint density at radius 3 is 2.37 bits per heavy atom. The summed E-state index contributed by atoms with van der Waals surface area (Å²) in [5, 5.41) is 0. The molecule has 0 bridgehead atoms. The second kappa shape index (κ2) is 10.0. The third kappa shape index (κ3) is 5.95. The molecule has 35 heavy (non-hydrogen) atoms. The highest BCUT2D eigenvalue weighted by Crippen LogP contribution is 2.30. The fourth-order valence-electron chi connectivity index (χ4n) is 3.62.